The number of anilines is 1. The first-order chi connectivity index (χ1) is 9.38. The van der Waals surface area contributed by atoms with Gasteiger partial charge in [0.05, 0.1) is 15.7 Å². The number of benzene rings is 1. The maximum absolute atomic E-state index is 12.1. The van der Waals surface area contributed by atoms with Crippen molar-refractivity contribution in [3.63, 3.8) is 0 Å². The zero-order valence-electron chi connectivity index (χ0n) is 10.2. The normalized spacial score (nSPS) is 13.9. The van der Waals surface area contributed by atoms with Crippen LogP contribution in [0.4, 0.5) is 10.5 Å². The summed E-state index contributed by atoms with van der Waals surface area (Å²) in [5, 5.41) is 12.1. The number of rotatable bonds is 4. The van der Waals surface area contributed by atoms with Crippen molar-refractivity contribution in [1.29, 1.82) is 0 Å². The van der Waals surface area contributed by atoms with Gasteiger partial charge in [0.1, 0.15) is 6.54 Å². The van der Waals surface area contributed by atoms with Gasteiger partial charge in [-0.2, -0.15) is 0 Å². The summed E-state index contributed by atoms with van der Waals surface area (Å²) in [6.07, 6.45) is 1.59. The molecule has 1 saturated carbocycles. The molecule has 0 radical (unpaired) electrons. The van der Waals surface area contributed by atoms with Gasteiger partial charge >= 0.3 is 12.0 Å². The molecule has 108 valence electrons. The highest BCUT2D eigenvalue weighted by molar-refractivity contribution is 6.42. The second kappa shape index (κ2) is 6.08. The molecule has 0 spiro atoms. The SMILES string of the molecule is O=C(O)CN(C(=O)Nc1c(Cl)cc(Cl)cc1Cl)C1CC1. The molecule has 20 heavy (non-hydrogen) atoms. The number of carboxylic acid groups (broad SMARTS) is 1. The average molecular weight is 338 g/mol. The minimum Gasteiger partial charge on any atom is -0.480 e. The predicted molar refractivity (Wildman–Crippen MR) is 77.9 cm³/mol. The summed E-state index contributed by atoms with van der Waals surface area (Å²) in [7, 11) is 0. The van der Waals surface area contributed by atoms with E-state index in [1.807, 2.05) is 0 Å². The summed E-state index contributed by atoms with van der Waals surface area (Å²) < 4.78 is 0. The molecule has 1 fully saturated rings. The Hall–Kier alpha value is -1.17. The molecule has 2 amide bonds. The van der Waals surface area contributed by atoms with Gasteiger partial charge in [-0.05, 0) is 25.0 Å². The predicted octanol–water partition coefficient (Wildman–Crippen LogP) is 3.73. The molecule has 0 aliphatic heterocycles. The lowest BCUT2D eigenvalue weighted by Crippen LogP contribution is -2.40. The third-order valence-corrected chi connectivity index (χ3v) is 3.61. The third-order valence-electron chi connectivity index (χ3n) is 2.79. The van der Waals surface area contributed by atoms with Crippen molar-refractivity contribution >= 4 is 52.5 Å². The maximum atomic E-state index is 12.1. The zero-order valence-corrected chi connectivity index (χ0v) is 12.5. The van der Waals surface area contributed by atoms with E-state index < -0.39 is 12.0 Å². The lowest BCUT2D eigenvalue weighted by molar-refractivity contribution is -0.137. The maximum Gasteiger partial charge on any atom is 0.323 e. The fourth-order valence-corrected chi connectivity index (χ4v) is 2.65. The van der Waals surface area contributed by atoms with Crippen molar-refractivity contribution in [2.75, 3.05) is 11.9 Å². The van der Waals surface area contributed by atoms with E-state index in [1.165, 1.54) is 17.0 Å². The highest BCUT2D eigenvalue weighted by atomic mass is 35.5. The van der Waals surface area contributed by atoms with Crippen molar-refractivity contribution in [1.82, 2.24) is 4.90 Å². The van der Waals surface area contributed by atoms with Crippen LogP contribution < -0.4 is 5.32 Å². The van der Waals surface area contributed by atoms with Gasteiger partial charge in [-0.15, -0.1) is 0 Å². The lowest BCUT2D eigenvalue weighted by atomic mass is 10.3. The number of nitrogens with zero attached hydrogens (tertiary/aromatic N) is 1. The van der Waals surface area contributed by atoms with Crippen molar-refractivity contribution in [2.24, 2.45) is 0 Å². The number of halogens is 3. The highest BCUT2D eigenvalue weighted by Crippen LogP contribution is 2.34. The van der Waals surface area contributed by atoms with Crippen LogP contribution in [0.1, 0.15) is 12.8 Å². The fraction of sp³-hybridized carbons (Fsp3) is 0.333. The smallest absolute Gasteiger partial charge is 0.323 e. The number of hydrogen-bond donors (Lipinski definition) is 2. The van der Waals surface area contributed by atoms with Gasteiger partial charge < -0.3 is 15.3 Å². The molecular formula is C12H11Cl3N2O3. The molecule has 0 saturated heterocycles. The largest absolute Gasteiger partial charge is 0.480 e. The van der Waals surface area contributed by atoms with Crippen molar-refractivity contribution in [3.8, 4) is 0 Å². The first kappa shape index (κ1) is 15.2. The monoisotopic (exact) mass is 336 g/mol. The van der Waals surface area contributed by atoms with Crippen molar-refractivity contribution < 1.29 is 14.7 Å². The van der Waals surface area contributed by atoms with Crippen LogP contribution in [0.5, 0.6) is 0 Å². The number of urea groups is 1. The van der Waals surface area contributed by atoms with Crippen LogP contribution in [0.25, 0.3) is 0 Å². The van der Waals surface area contributed by atoms with Gasteiger partial charge in [-0.3, -0.25) is 4.79 Å². The van der Waals surface area contributed by atoms with E-state index in [1.54, 1.807) is 0 Å². The van der Waals surface area contributed by atoms with Crippen LogP contribution in [-0.2, 0) is 4.79 Å². The molecular weight excluding hydrogens is 327 g/mol. The Kier molecular flexibility index (Phi) is 4.62. The molecule has 2 rings (SSSR count). The van der Waals surface area contributed by atoms with Gasteiger partial charge in [0, 0.05) is 11.1 Å². The van der Waals surface area contributed by atoms with Crippen LogP contribution in [-0.4, -0.2) is 34.6 Å². The average Bonchev–Trinajstić information content (AvgIpc) is 3.14. The van der Waals surface area contributed by atoms with Crippen LogP contribution in [0.3, 0.4) is 0 Å². The molecule has 0 bridgehead atoms. The molecule has 0 aromatic heterocycles. The molecule has 0 heterocycles. The van der Waals surface area contributed by atoms with E-state index in [-0.39, 0.29) is 28.3 Å². The molecule has 1 aliphatic carbocycles. The summed E-state index contributed by atoms with van der Waals surface area (Å²) in [6.45, 7) is -0.362. The fourth-order valence-electron chi connectivity index (χ4n) is 1.74. The number of hydrogen-bond acceptors (Lipinski definition) is 2. The molecule has 1 aromatic carbocycles. The topological polar surface area (TPSA) is 69.6 Å². The van der Waals surface area contributed by atoms with Crippen LogP contribution >= 0.6 is 34.8 Å². The Bertz CT molecular complexity index is 538. The van der Waals surface area contributed by atoms with E-state index in [4.69, 9.17) is 39.9 Å². The van der Waals surface area contributed by atoms with Crippen molar-refractivity contribution in [2.45, 2.75) is 18.9 Å². The Morgan fingerprint density at radius 2 is 1.80 bits per heavy atom. The van der Waals surface area contributed by atoms with Gasteiger partial charge in [0.2, 0.25) is 0 Å². The van der Waals surface area contributed by atoms with Gasteiger partial charge in [-0.1, -0.05) is 34.8 Å². The summed E-state index contributed by atoms with van der Waals surface area (Å²) in [4.78, 5) is 24.2. The summed E-state index contributed by atoms with van der Waals surface area (Å²) >= 11 is 17.7. The number of amides is 2. The number of aliphatic carboxylic acids is 1. The quantitative estimate of drug-likeness (QED) is 0.879. The van der Waals surface area contributed by atoms with E-state index >= 15 is 0 Å². The Morgan fingerprint density at radius 1 is 1.25 bits per heavy atom. The molecule has 0 unspecified atom stereocenters. The van der Waals surface area contributed by atoms with E-state index in [0.717, 1.165) is 12.8 Å². The molecule has 1 aliphatic rings. The Labute approximate surface area is 130 Å². The van der Waals surface area contributed by atoms with E-state index in [2.05, 4.69) is 5.32 Å². The molecule has 2 N–H and O–H groups in total. The van der Waals surface area contributed by atoms with Gasteiger partial charge in [0.15, 0.2) is 0 Å². The Morgan fingerprint density at radius 3 is 2.25 bits per heavy atom. The van der Waals surface area contributed by atoms with Crippen LogP contribution in [0, 0.1) is 0 Å². The van der Waals surface area contributed by atoms with Crippen LogP contribution in [0.2, 0.25) is 15.1 Å². The summed E-state index contributed by atoms with van der Waals surface area (Å²) in [5.41, 5.74) is 0.221. The number of nitrogens with one attached hydrogen (secondary N) is 1. The first-order valence-corrected chi connectivity index (χ1v) is 6.96. The number of carbonyl (C=O) groups excluding carboxylic acids is 1. The van der Waals surface area contributed by atoms with Gasteiger partial charge in [-0.25, -0.2) is 4.79 Å². The first-order valence-electron chi connectivity index (χ1n) is 5.82. The molecule has 1 aromatic rings. The van der Waals surface area contributed by atoms with Crippen LogP contribution in [0.15, 0.2) is 12.1 Å². The molecule has 0 atom stereocenters. The molecule has 8 heteroatoms. The van der Waals surface area contributed by atoms with E-state index in [0.29, 0.717) is 5.02 Å². The number of carbonyl (C=O) groups is 2. The van der Waals surface area contributed by atoms with Gasteiger partial charge in [0.25, 0.3) is 0 Å². The lowest BCUT2D eigenvalue weighted by Gasteiger charge is -2.21. The second-order valence-corrected chi connectivity index (χ2v) is 5.68. The third kappa shape index (κ3) is 3.69. The summed E-state index contributed by atoms with van der Waals surface area (Å²) in [5.74, 6) is -1.07. The highest BCUT2D eigenvalue weighted by Gasteiger charge is 2.34. The summed E-state index contributed by atoms with van der Waals surface area (Å²) in [6, 6.07) is 2.31. The van der Waals surface area contributed by atoms with E-state index in [9.17, 15) is 9.59 Å². The number of carboxylic acids is 1. The second-order valence-electron chi connectivity index (χ2n) is 4.43. The minimum absolute atomic E-state index is 0.0454. The minimum atomic E-state index is -1.07. The van der Waals surface area contributed by atoms with Crippen molar-refractivity contribution in [3.05, 3.63) is 27.2 Å². The zero-order chi connectivity index (χ0) is 14.9. The molecule has 5 nitrogen and oxygen atoms in total. The standard InChI is InChI=1S/C12H11Cl3N2O3/c13-6-3-8(14)11(9(15)4-6)16-12(20)17(5-10(18)19)7-1-2-7/h3-4,7H,1-2,5H2,(H,16,20)(H,18,19). The Balaban J connectivity index is 2.16.